The van der Waals surface area contributed by atoms with Gasteiger partial charge in [0, 0.05) is 6.04 Å². The molecular formula is C11H14ClF2NO2. The Hall–Kier alpha value is -1.20. The van der Waals surface area contributed by atoms with Crippen LogP contribution in [0, 0.1) is 11.6 Å². The molecule has 96 valence electrons. The number of carbonyl (C=O) groups excluding carboxylic acids is 1. The van der Waals surface area contributed by atoms with Gasteiger partial charge in [0.15, 0.2) is 11.6 Å². The second kappa shape index (κ2) is 7.19. The molecule has 0 amide bonds. The van der Waals surface area contributed by atoms with E-state index in [0.29, 0.717) is 5.56 Å². The molecule has 0 saturated heterocycles. The molecule has 0 aromatic heterocycles. The largest absolute Gasteiger partial charge is 0.466 e. The van der Waals surface area contributed by atoms with Crippen molar-refractivity contribution in [2.24, 2.45) is 5.73 Å². The molecule has 3 nitrogen and oxygen atoms in total. The maximum absolute atomic E-state index is 12.9. The van der Waals surface area contributed by atoms with Crippen LogP contribution in [-0.2, 0) is 9.53 Å². The van der Waals surface area contributed by atoms with Gasteiger partial charge in [-0.1, -0.05) is 6.07 Å². The van der Waals surface area contributed by atoms with Gasteiger partial charge in [0.1, 0.15) is 0 Å². The Labute approximate surface area is 104 Å². The van der Waals surface area contributed by atoms with Gasteiger partial charge in [-0.05, 0) is 24.6 Å². The van der Waals surface area contributed by atoms with E-state index in [2.05, 4.69) is 0 Å². The van der Waals surface area contributed by atoms with Crippen LogP contribution in [0.25, 0.3) is 0 Å². The van der Waals surface area contributed by atoms with E-state index in [1.165, 1.54) is 6.07 Å². The van der Waals surface area contributed by atoms with Crippen molar-refractivity contribution in [2.75, 3.05) is 6.61 Å². The summed E-state index contributed by atoms with van der Waals surface area (Å²) in [7, 11) is 0. The molecule has 1 aromatic rings. The minimum atomic E-state index is -0.975. The van der Waals surface area contributed by atoms with E-state index in [1.807, 2.05) is 0 Å². The van der Waals surface area contributed by atoms with Crippen molar-refractivity contribution in [1.29, 1.82) is 0 Å². The van der Waals surface area contributed by atoms with E-state index in [1.54, 1.807) is 6.92 Å². The number of hydrogen-bond acceptors (Lipinski definition) is 3. The van der Waals surface area contributed by atoms with E-state index < -0.39 is 23.6 Å². The minimum absolute atomic E-state index is 0. The molecule has 0 bridgehead atoms. The summed E-state index contributed by atoms with van der Waals surface area (Å²) in [6.07, 6.45) is -0.0566. The fourth-order valence-corrected chi connectivity index (χ4v) is 1.26. The van der Waals surface area contributed by atoms with Crippen LogP contribution in [-0.4, -0.2) is 12.6 Å². The molecule has 0 unspecified atom stereocenters. The molecule has 0 heterocycles. The number of rotatable bonds is 4. The first-order chi connectivity index (χ1) is 7.54. The lowest BCUT2D eigenvalue weighted by Crippen LogP contribution is -2.17. The van der Waals surface area contributed by atoms with E-state index in [4.69, 9.17) is 10.5 Å². The number of benzene rings is 1. The van der Waals surface area contributed by atoms with Crippen LogP contribution in [0.3, 0.4) is 0 Å². The van der Waals surface area contributed by atoms with Crippen LogP contribution in [0.4, 0.5) is 8.78 Å². The Balaban J connectivity index is 0.00000256. The van der Waals surface area contributed by atoms with Crippen LogP contribution in [0.15, 0.2) is 18.2 Å². The van der Waals surface area contributed by atoms with Crippen molar-refractivity contribution in [1.82, 2.24) is 0 Å². The normalized spacial score (nSPS) is 11.5. The first kappa shape index (κ1) is 15.8. The number of carbonyl (C=O) groups is 1. The Morgan fingerprint density at radius 2 is 2.06 bits per heavy atom. The van der Waals surface area contributed by atoms with Gasteiger partial charge in [-0.25, -0.2) is 8.78 Å². The third kappa shape index (κ3) is 4.66. The Morgan fingerprint density at radius 3 is 2.59 bits per heavy atom. The first-order valence-electron chi connectivity index (χ1n) is 4.90. The van der Waals surface area contributed by atoms with Crippen LogP contribution in [0.1, 0.15) is 24.9 Å². The maximum atomic E-state index is 12.9. The predicted octanol–water partition coefficient (Wildman–Crippen LogP) is 2.34. The molecule has 0 aliphatic heterocycles. The van der Waals surface area contributed by atoms with Gasteiger partial charge in [0.25, 0.3) is 0 Å². The number of hydrogen-bond donors (Lipinski definition) is 1. The Kier molecular flexibility index (Phi) is 6.68. The van der Waals surface area contributed by atoms with Crippen molar-refractivity contribution in [3.8, 4) is 0 Å². The van der Waals surface area contributed by atoms with Crippen LogP contribution < -0.4 is 5.73 Å². The van der Waals surface area contributed by atoms with Crippen LogP contribution in [0.5, 0.6) is 0 Å². The molecule has 1 rings (SSSR count). The first-order valence-corrected chi connectivity index (χ1v) is 4.90. The monoisotopic (exact) mass is 265 g/mol. The third-order valence-electron chi connectivity index (χ3n) is 2.06. The smallest absolute Gasteiger partial charge is 0.307 e. The Bertz CT molecular complexity index is 388. The quantitative estimate of drug-likeness (QED) is 0.850. The average Bonchev–Trinajstić information content (AvgIpc) is 2.22. The van der Waals surface area contributed by atoms with Gasteiger partial charge in [-0.3, -0.25) is 4.79 Å². The SMILES string of the molecule is CCOC(=O)C[C@@H](N)c1ccc(F)c(F)c1.Cl. The molecular weight excluding hydrogens is 252 g/mol. The summed E-state index contributed by atoms with van der Waals surface area (Å²) in [5, 5.41) is 0. The molecule has 6 heteroatoms. The van der Waals surface area contributed by atoms with Gasteiger partial charge in [-0.15, -0.1) is 12.4 Å². The predicted molar refractivity (Wildman–Crippen MR) is 61.8 cm³/mol. The summed E-state index contributed by atoms with van der Waals surface area (Å²) in [6, 6.07) is 2.63. The van der Waals surface area contributed by atoms with Crippen molar-refractivity contribution >= 4 is 18.4 Å². The zero-order chi connectivity index (χ0) is 12.1. The summed E-state index contributed by atoms with van der Waals surface area (Å²) in [5.74, 6) is -2.37. The van der Waals surface area contributed by atoms with Gasteiger partial charge >= 0.3 is 5.97 Å². The maximum Gasteiger partial charge on any atom is 0.307 e. The van der Waals surface area contributed by atoms with Crippen LogP contribution in [0.2, 0.25) is 0 Å². The van der Waals surface area contributed by atoms with E-state index in [-0.39, 0.29) is 25.4 Å². The zero-order valence-electron chi connectivity index (χ0n) is 9.28. The highest BCUT2D eigenvalue weighted by atomic mass is 35.5. The zero-order valence-corrected chi connectivity index (χ0v) is 10.1. The lowest BCUT2D eigenvalue weighted by atomic mass is 10.0. The molecule has 0 aliphatic rings. The number of ether oxygens (including phenoxy) is 1. The summed E-state index contributed by atoms with van der Waals surface area (Å²) >= 11 is 0. The van der Waals surface area contributed by atoms with Gasteiger partial charge < -0.3 is 10.5 Å². The van der Waals surface area contributed by atoms with Gasteiger partial charge in [-0.2, -0.15) is 0 Å². The molecule has 0 saturated carbocycles. The van der Waals surface area contributed by atoms with Crippen molar-refractivity contribution in [3.63, 3.8) is 0 Å². The highest BCUT2D eigenvalue weighted by Gasteiger charge is 2.14. The summed E-state index contributed by atoms with van der Waals surface area (Å²) in [5.41, 5.74) is 6.02. The summed E-state index contributed by atoms with van der Waals surface area (Å²) < 4.78 is 30.2. The Morgan fingerprint density at radius 1 is 1.41 bits per heavy atom. The topological polar surface area (TPSA) is 52.3 Å². The van der Waals surface area contributed by atoms with Crippen molar-refractivity contribution in [2.45, 2.75) is 19.4 Å². The van der Waals surface area contributed by atoms with E-state index in [9.17, 15) is 13.6 Å². The van der Waals surface area contributed by atoms with E-state index >= 15 is 0 Å². The minimum Gasteiger partial charge on any atom is -0.466 e. The van der Waals surface area contributed by atoms with E-state index in [0.717, 1.165) is 12.1 Å². The number of esters is 1. The lowest BCUT2D eigenvalue weighted by Gasteiger charge is -2.11. The molecule has 2 N–H and O–H groups in total. The molecule has 17 heavy (non-hydrogen) atoms. The molecule has 0 aliphatic carbocycles. The highest BCUT2D eigenvalue weighted by Crippen LogP contribution is 2.17. The summed E-state index contributed by atoms with van der Waals surface area (Å²) in [4.78, 5) is 11.1. The lowest BCUT2D eigenvalue weighted by molar-refractivity contribution is -0.143. The molecule has 1 aromatic carbocycles. The average molecular weight is 266 g/mol. The second-order valence-corrected chi connectivity index (χ2v) is 3.29. The fraction of sp³-hybridized carbons (Fsp3) is 0.364. The third-order valence-corrected chi connectivity index (χ3v) is 2.06. The molecule has 0 spiro atoms. The summed E-state index contributed by atoms with van der Waals surface area (Å²) in [6.45, 7) is 1.95. The molecule has 0 radical (unpaired) electrons. The molecule has 1 atom stereocenters. The standard InChI is InChI=1S/C11H13F2NO2.ClH/c1-2-16-11(15)6-10(14)7-3-4-8(12)9(13)5-7;/h3-5,10H,2,6,14H2,1H3;1H/t10-;/m1./s1. The second-order valence-electron chi connectivity index (χ2n) is 3.29. The van der Waals surface area contributed by atoms with Gasteiger partial charge in [0.05, 0.1) is 13.0 Å². The van der Waals surface area contributed by atoms with Crippen LogP contribution >= 0.6 is 12.4 Å². The van der Waals surface area contributed by atoms with Crippen molar-refractivity contribution in [3.05, 3.63) is 35.4 Å². The highest BCUT2D eigenvalue weighted by molar-refractivity contribution is 5.85. The van der Waals surface area contributed by atoms with Crippen molar-refractivity contribution < 1.29 is 18.3 Å². The fourth-order valence-electron chi connectivity index (χ4n) is 1.26. The number of halogens is 3. The van der Waals surface area contributed by atoms with Gasteiger partial charge in [0.2, 0.25) is 0 Å². The number of nitrogens with two attached hydrogens (primary N) is 1. The molecule has 0 fully saturated rings.